The summed E-state index contributed by atoms with van der Waals surface area (Å²) in [6.07, 6.45) is 2.57. The molecule has 0 aromatic heterocycles. The Hall–Kier alpha value is -0.860. The lowest BCUT2D eigenvalue weighted by atomic mass is 9.82. The van der Waals surface area contributed by atoms with Crippen LogP contribution in [0.4, 0.5) is 0 Å². The number of aliphatic hydroxyl groups excluding tert-OH is 1. The highest BCUT2D eigenvalue weighted by molar-refractivity contribution is 6.31. The lowest BCUT2D eigenvalue weighted by Gasteiger charge is -2.26. The molecule has 0 heterocycles. The van der Waals surface area contributed by atoms with Crippen molar-refractivity contribution in [3.63, 3.8) is 0 Å². The highest BCUT2D eigenvalue weighted by atomic mass is 35.5. The third kappa shape index (κ3) is 2.28. The van der Waals surface area contributed by atoms with Gasteiger partial charge < -0.3 is 5.11 Å². The molecule has 0 amide bonds. The minimum atomic E-state index is -0.749. The summed E-state index contributed by atoms with van der Waals surface area (Å²) >= 11 is 6.01. The molecule has 1 aliphatic rings. The SMILES string of the molecule is O=C1CCCC[C@H]1[C@@H](O)c1ccccc1Cl. The molecule has 1 aromatic carbocycles. The van der Waals surface area contributed by atoms with Crippen LogP contribution in [0.1, 0.15) is 37.4 Å². The number of carbonyl (C=O) groups excluding carboxylic acids is 1. The Bertz CT molecular complexity index is 389. The van der Waals surface area contributed by atoms with Crippen molar-refractivity contribution in [3.05, 3.63) is 34.9 Å². The molecule has 0 unspecified atom stereocenters. The molecular formula is C13H15ClO2. The Morgan fingerprint density at radius 3 is 2.75 bits per heavy atom. The zero-order valence-electron chi connectivity index (χ0n) is 9.03. The lowest BCUT2D eigenvalue weighted by Crippen LogP contribution is -2.25. The van der Waals surface area contributed by atoms with Crippen LogP contribution in [0, 0.1) is 5.92 Å². The summed E-state index contributed by atoms with van der Waals surface area (Å²) in [5.74, 6) is -0.104. The smallest absolute Gasteiger partial charge is 0.138 e. The fourth-order valence-electron chi connectivity index (χ4n) is 2.28. The quantitative estimate of drug-likeness (QED) is 0.860. The molecule has 86 valence electrons. The normalized spacial score (nSPS) is 23.1. The number of hydrogen-bond acceptors (Lipinski definition) is 2. The van der Waals surface area contributed by atoms with Gasteiger partial charge >= 0.3 is 0 Å². The maximum Gasteiger partial charge on any atom is 0.138 e. The van der Waals surface area contributed by atoms with E-state index in [0.717, 1.165) is 19.3 Å². The highest BCUT2D eigenvalue weighted by Crippen LogP contribution is 2.34. The van der Waals surface area contributed by atoms with E-state index in [4.69, 9.17) is 11.6 Å². The predicted octanol–water partition coefficient (Wildman–Crippen LogP) is 3.13. The van der Waals surface area contributed by atoms with E-state index >= 15 is 0 Å². The van der Waals surface area contributed by atoms with Gasteiger partial charge in [0, 0.05) is 17.4 Å². The number of halogens is 1. The van der Waals surface area contributed by atoms with Crippen LogP contribution in [0.3, 0.4) is 0 Å². The molecule has 1 aliphatic carbocycles. The van der Waals surface area contributed by atoms with E-state index in [1.54, 1.807) is 12.1 Å². The second kappa shape index (κ2) is 4.98. The molecule has 0 aliphatic heterocycles. The van der Waals surface area contributed by atoms with Gasteiger partial charge in [0.2, 0.25) is 0 Å². The molecule has 2 nitrogen and oxygen atoms in total. The molecule has 0 spiro atoms. The number of Topliss-reactive ketones (excluding diaryl/α,β-unsaturated/α-hetero) is 1. The zero-order chi connectivity index (χ0) is 11.5. The summed E-state index contributed by atoms with van der Waals surface area (Å²) in [7, 11) is 0. The maximum absolute atomic E-state index is 11.7. The summed E-state index contributed by atoms with van der Waals surface area (Å²) in [5, 5.41) is 10.7. The van der Waals surface area contributed by atoms with Gasteiger partial charge in [-0.05, 0) is 24.5 Å². The highest BCUT2D eigenvalue weighted by Gasteiger charge is 2.30. The second-order valence-corrected chi connectivity index (χ2v) is 4.69. The Morgan fingerprint density at radius 2 is 2.06 bits per heavy atom. The van der Waals surface area contributed by atoms with Crippen molar-refractivity contribution in [2.24, 2.45) is 5.92 Å². The molecule has 2 atom stereocenters. The van der Waals surface area contributed by atoms with E-state index in [1.165, 1.54) is 0 Å². The van der Waals surface area contributed by atoms with E-state index < -0.39 is 6.10 Å². The molecule has 3 heteroatoms. The average Bonchev–Trinajstić information content (AvgIpc) is 2.29. The van der Waals surface area contributed by atoms with Crippen LogP contribution in [-0.2, 0) is 4.79 Å². The first-order chi connectivity index (χ1) is 7.70. The zero-order valence-corrected chi connectivity index (χ0v) is 9.78. The molecule has 1 N–H and O–H groups in total. The molecular weight excluding hydrogens is 224 g/mol. The van der Waals surface area contributed by atoms with E-state index in [1.807, 2.05) is 12.1 Å². The molecule has 0 radical (unpaired) electrons. The topological polar surface area (TPSA) is 37.3 Å². The molecule has 1 fully saturated rings. The minimum absolute atomic E-state index is 0.165. The minimum Gasteiger partial charge on any atom is -0.388 e. The fourth-order valence-corrected chi connectivity index (χ4v) is 2.52. The summed E-state index contributed by atoms with van der Waals surface area (Å²) in [6.45, 7) is 0. The van der Waals surface area contributed by atoms with E-state index in [-0.39, 0.29) is 11.7 Å². The molecule has 0 saturated heterocycles. The van der Waals surface area contributed by atoms with Crippen LogP contribution >= 0.6 is 11.6 Å². The van der Waals surface area contributed by atoms with Crippen LogP contribution in [0.25, 0.3) is 0 Å². The average molecular weight is 239 g/mol. The van der Waals surface area contributed by atoms with Gasteiger partial charge in [-0.3, -0.25) is 4.79 Å². The van der Waals surface area contributed by atoms with Crippen LogP contribution in [0.15, 0.2) is 24.3 Å². The largest absolute Gasteiger partial charge is 0.388 e. The van der Waals surface area contributed by atoms with Crippen LogP contribution in [0.5, 0.6) is 0 Å². The molecule has 1 aromatic rings. The Labute approximate surface area is 100 Å². The monoisotopic (exact) mass is 238 g/mol. The second-order valence-electron chi connectivity index (χ2n) is 4.28. The number of benzene rings is 1. The molecule has 2 rings (SSSR count). The van der Waals surface area contributed by atoms with Crippen molar-refractivity contribution in [1.29, 1.82) is 0 Å². The van der Waals surface area contributed by atoms with Gasteiger partial charge in [0.15, 0.2) is 0 Å². The van der Waals surface area contributed by atoms with Crippen molar-refractivity contribution in [2.45, 2.75) is 31.8 Å². The van der Waals surface area contributed by atoms with Crippen LogP contribution < -0.4 is 0 Å². The fraction of sp³-hybridized carbons (Fsp3) is 0.462. The van der Waals surface area contributed by atoms with Crippen LogP contribution in [-0.4, -0.2) is 10.9 Å². The van der Waals surface area contributed by atoms with Gasteiger partial charge in [0.25, 0.3) is 0 Å². The summed E-state index contributed by atoms with van der Waals surface area (Å²) in [6, 6.07) is 7.18. The van der Waals surface area contributed by atoms with Gasteiger partial charge in [-0.1, -0.05) is 36.2 Å². The van der Waals surface area contributed by atoms with Crippen molar-refractivity contribution in [1.82, 2.24) is 0 Å². The Balaban J connectivity index is 2.21. The van der Waals surface area contributed by atoms with E-state index in [2.05, 4.69) is 0 Å². The van der Waals surface area contributed by atoms with E-state index in [9.17, 15) is 9.90 Å². The van der Waals surface area contributed by atoms with Gasteiger partial charge in [-0.15, -0.1) is 0 Å². The molecule has 0 bridgehead atoms. The Morgan fingerprint density at radius 1 is 1.31 bits per heavy atom. The standard InChI is InChI=1S/C13H15ClO2/c14-11-7-3-1-5-9(11)13(16)10-6-2-4-8-12(10)15/h1,3,5,7,10,13,16H,2,4,6,8H2/t10-,13+/m1/s1. The number of ketones is 1. The third-order valence-electron chi connectivity index (χ3n) is 3.21. The first kappa shape index (κ1) is 11.6. The third-order valence-corrected chi connectivity index (χ3v) is 3.55. The molecule has 16 heavy (non-hydrogen) atoms. The number of carbonyl (C=O) groups is 1. The summed E-state index contributed by atoms with van der Waals surface area (Å²) in [5.41, 5.74) is 0.671. The van der Waals surface area contributed by atoms with Crippen molar-refractivity contribution >= 4 is 17.4 Å². The van der Waals surface area contributed by atoms with Gasteiger partial charge in [0.1, 0.15) is 5.78 Å². The predicted molar refractivity (Wildman–Crippen MR) is 63.4 cm³/mol. The maximum atomic E-state index is 11.7. The Kier molecular flexibility index (Phi) is 3.62. The van der Waals surface area contributed by atoms with Crippen LogP contribution in [0.2, 0.25) is 5.02 Å². The van der Waals surface area contributed by atoms with Crippen molar-refractivity contribution < 1.29 is 9.90 Å². The van der Waals surface area contributed by atoms with Crippen molar-refractivity contribution in [2.75, 3.05) is 0 Å². The number of hydrogen-bond donors (Lipinski definition) is 1. The first-order valence-electron chi connectivity index (χ1n) is 5.65. The lowest BCUT2D eigenvalue weighted by molar-refractivity contribution is -0.128. The number of rotatable bonds is 2. The first-order valence-corrected chi connectivity index (χ1v) is 6.03. The van der Waals surface area contributed by atoms with Gasteiger partial charge in [-0.25, -0.2) is 0 Å². The molecule has 1 saturated carbocycles. The van der Waals surface area contributed by atoms with Gasteiger partial charge in [0.05, 0.1) is 6.10 Å². The van der Waals surface area contributed by atoms with Crippen molar-refractivity contribution in [3.8, 4) is 0 Å². The summed E-state index contributed by atoms with van der Waals surface area (Å²) < 4.78 is 0. The number of aliphatic hydroxyl groups is 1. The van der Waals surface area contributed by atoms with E-state index in [0.29, 0.717) is 17.0 Å². The van der Waals surface area contributed by atoms with Gasteiger partial charge in [-0.2, -0.15) is 0 Å². The summed E-state index contributed by atoms with van der Waals surface area (Å²) in [4.78, 5) is 11.7.